The van der Waals surface area contributed by atoms with Crippen LogP contribution in [0.4, 0.5) is 0 Å². The first-order chi connectivity index (χ1) is 11.3. The third kappa shape index (κ3) is 4.42. The average Bonchev–Trinajstić information content (AvgIpc) is 2.97. The second kappa shape index (κ2) is 7.27. The first-order valence-corrected chi connectivity index (χ1v) is 7.49. The summed E-state index contributed by atoms with van der Waals surface area (Å²) in [5, 5.41) is 18.5. The first-order valence-electron chi connectivity index (χ1n) is 7.49. The number of carboxylic acid groups (broad SMARTS) is 1. The minimum Gasteiger partial charge on any atom is -0.481 e. The number of carbonyl (C=O) groups is 2. The molecule has 1 amide bonds. The molecule has 0 fully saturated rings. The number of nitrogens with one attached hydrogen (secondary N) is 2. The maximum absolute atomic E-state index is 12.4. The second-order valence-corrected chi connectivity index (χ2v) is 6.05. The fourth-order valence-corrected chi connectivity index (χ4v) is 2.44. The van der Waals surface area contributed by atoms with E-state index in [-0.39, 0.29) is 18.7 Å². The zero-order valence-electron chi connectivity index (χ0n) is 13.9. The summed E-state index contributed by atoms with van der Waals surface area (Å²) in [5.74, 6) is -1.44. The number of nitrogens with zero attached hydrogens (tertiary/aromatic N) is 1. The van der Waals surface area contributed by atoms with Crippen LogP contribution >= 0.6 is 0 Å². The SMILES string of the molecule is COCC(C)(CC(=O)O)NC(=O)c1cc(-c2ccc(C)cc2)n[nH]1. The van der Waals surface area contributed by atoms with Crippen molar-refractivity contribution in [3.05, 3.63) is 41.6 Å². The number of carboxylic acids is 1. The van der Waals surface area contributed by atoms with E-state index in [9.17, 15) is 9.59 Å². The summed E-state index contributed by atoms with van der Waals surface area (Å²) < 4.78 is 5.03. The molecule has 1 aromatic carbocycles. The fourth-order valence-electron chi connectivity index (χ4n) is 2.44. The molecule has 0 aliphatic heterocycles. The van der Waals surface area contributed by atoms with E-state index < -0.39 is 17.4 Å². The Morgan fingerprint density at radius 2 is 2.00 bits per heavy atom. The van der Waals surface area contributed by atoms with Gasteiger partial charge in [0.05, 0.1) is 24.3 Å². The minimum atomic E-state index is -1.01. The Morgan fingerprint density at radius 3 is 2.58 bits per heavy atom. The smallest absolute Gasteiger partial charge is 0.305 e. The van der Waals surface area contributed by atoms with Crippen LogP contribution in [0.1, 0.15) is 29.4 Å². The van der Waals surface area contributed by atoms with Crippen LogP contribution in [0, 0.1) is 6.92 Å². The third-order valence-corrected chi connectivity index (χ3v) is 3.59. The Kier molecular flexibility index (Phi) is 5.35. The zero-order chi connectivity index (χ0) is 17.7. The highest BCUT2D eigenvalue weighted by Crippen LogP contribution is 2.19. The molecule has 0 radical (unpaired) electrons. The summed E-state index contributed by atoms with van der Waals surface area (Å²) in [6.07, 6.45) is -0.245. The van der Waals surface area contributed by atoms with Crippen LogP contribution in [0.15, 0.2) is 30.3 Å². The van der Waals surface area contributed by atoms with Crippen LogP contribution in [-0.2, 0) is 9.53 Å². The molecule has 1 heterocycles. The highest BCUT2D eigenvalue weighted by Gasteiger charge is 2.30. The molecule has 24 heavy (non-hydrogen) atoms. The number of H-pyrrole nitrogens is 1. The summed E-state index contributed by atoms with van der Waals surface area (Å²) in [6, 6.07) is 9.41. The molecule has 0 bridgehead atoms. The molecule has 1 aromatic heterocycles. The Hall–Kier alpha value is -2.67. The monoisotopic (exact) mass is 331 g/mol. The Labute approximate surface area is 140 Å². The summed E-state index contributed by atoms with van der Waals surface area (Å²) in [7, 11) is 1.46. The lowest BCUT2D eigenvalue weighted by molar-refractivity contribution is -0.139. The molecule has 1 unspecified atom stereocenters. The number of aliphatic carboxylic acids is 1. The van der Waals surface area contributed by atoms with Gasteiger partial charge in [0.25, 0.3) is 5.91 Å². The van der Waals surface area contributed by atoms with Gasteiger partial charge in [0, 0.05) is 12.7 Å². The van der Waals surface area contributed by atoms with E-state index in [0.29, 0.717) is 5.69 Å². The third-order valence-electron chi connectivity index (χ3n) is 3.59. The molecule has 0 aliphatic rings. The van der Waals surface area contributed by atoms with Crippen LogP contribution in [0.25, 0.3) is 11.3 Å². The second-order valence-electron chi connectivity index (χ2n) is 6.05. The number of amides is 1. The number of carbonyl (C=O) groups excluding carboxylic acids is 1. The molecule has 3 N–H and O–H groups in total. The predicted molar refractivity (Wildman–Crippen MR) is 88.8 cm³/mol. The highest BCUT2D eigenvalue weighted by molar-refractivity contribution is 5.94. The fraction of sp³-hybridized carbons (Fsp3) is 0.353. The number of methoxy groups -OCH3 is 1. The molecule has 0 saturated carbocycles. The van der Waals surface area contributed by atoms with Crippen LogP contribution < -0.4 is 5.32 Å². The molecule has 128 valence electrons. The average molecular weight is 331 g/mol. The lowest BCUT2D eigenvalue weighted by Crippen LogP contribution is -2.50. The van der Waals surface area contributed by atoms with Crippen molar-refractivity contribution < 1.29 is 19.4 Å². The molecule has 0 spiro atoms. The van der Waals surface area contributed by atoms with Gasteiger partial charge in [0.1, 0.15) is 5.69 Å². The van der Waals surface area contributed by atoms with Gasteiger partial charge in [0.2, 0.25) is 0 Å². The molecule has 7 nitrogen and oxygen atoms in total. The number of benzene rings is 1. The molecular formula is C17H21N3O4. The topological polar surface area (TPSA) is 104 Å². The van der Waals surface area contributed by atoms with Crippen molar-refractivity contribution in [3.63, 3.8) is 0 Å². The van der Waals surface area contributed by atoms with E-state index in [4.69, 9.17) is 9.84 Å². The van der Waals surface area contributed by atoms with E-state index in [2.05, 4.69) is 15.5 Å². The van der Waals surface area contributed by atoms with Gasteiger partial charge in [-0.05, 0) is 19.9 Å². The van der Waals surface area contributed by atoms with E-state index in [1.807, 2.05) is 31.2 Å². The predicted octanol–water partition coefficient (Wildman–Crippen LogP) is 1.99. The van der Waals surface area contributed by atoms with Gasteiger partial charge < -0.3 is 15.2 Å². The van der Waals surface area contributed by atoms with Crippen LogP contribution in [0.5, 0.6) is 0 Å². The Morgan fingerprint density at radius 1 is 1.33 bits per heavy atom. The van der Waals surface area contributed by atoms with E-state index in [0.717, 1.165) is 11.1 Å². The number of hydrogen-bond acceptors (Lipinski definition) is 4. The Bertz CT molecular complexity index is 724. The number of rotatable bonds is 7. The van der Waals surface area contributed by atoms with Crippen molar-refractivity contribution in [1.82, 2.24) is 15.5 Å². The number of aryl methyl sites for hydroxylation is 1. The lowest BCUT2D eigenvalue weighted by atomic mass is 9.98. The van der Waals surface area contributed by atoms with Gasteiger partial charge in [-0.3, -0.25) is 14.7 Å². The van der Waals surface area contributed by atoms with Crippen molar-refractivity contribution in [2.24, 2.45) is 0 Å². The van der Waals surface area contributed by atoms with Gasteiger partial charge >= 0.3 is 5.97 Å². The minimum absolute atomic E-state index is 0.0873. The first kappa shape index (κ1) is 17.7. The normalized spacial score (nSPS) is 13.3. The molecule has 0 saturated heterocycles. The number of aromatic amines is 1. The van der Waals surface area contributed by atoms with Crippen molar-refractivity contribution >= 4 is 11.9 Å². The number of hydrogen-bond donors (Lipinski definition) is 3. The molecule has 2 aromatic rings. The van der Waals surface area contributed by atoms with E-state index in [1.165, 1.54) is 7.11 Å². The maximum Gasteiger partial charge on any atom is 0.305 e. The summed E-state index contributed by atoms with van der Waals surface area (Å²) in [4.78, 5) is 23.4. The number of aromatic nitrogens is 2. The van der Waals surface area contributed by atoms with Crippen LogP contribution in [-0.4, -0.2) is 46.4 Å². The maximum atomic E-state index is 12.4. The van der Waals surface area contributed by atoms with Gasteiger partial charge in [-0.15, -0.1) is 0 Å². The molecule has 0 aliphatic carbocycles. The number of ether oxygens (including phenoxy) is 1. The quantitative estimate of drug-likeness (QED) is 0.720. The molecule has 2 rings (SSSR count). The van der Waals surface area contributed by atoms with Gasteiger partial charge in [-0.2, -0.15) is 5.10 Å². The van der Waals surface area contributed by atoms with E-state index >= 15 is 0 Å². The molecular weight excluding hydrogens is 310 g/mol. The summed E-state index contributed by atoms with van der Waals surface area (Å²) >= 11 is 0. The van der Waals surface area contributed by atoms with Crippen molar-refractivity contribution in [3.8, 4) is 11.3 Å². The lowest BCUT2D eigenvalue weighted by Gasteiger charge is -2.28. The van der Waals surface area contributed by atoms with Gasteiger partial charge in [-0.25, -0.2) is 0 Å². The molecule has 7 heteroatoms. The highest BCUT2D eigenvalue weighted by atomic mass is 16.5. The standard InChI is InChI=1S/C17H21N3O4/c1-11-4-6-12(7-5-11)13-8-14(20-19-13)16(23)18-17(2,10-24-3)9-15(21)22/h4-8H,9-10H2,1-3H3,(H,18,23)(H,19,20)(H,21,22). The van der Waals surface area contributed by atoms with Crippen molar-refractivity contribution in [2.75, 3.05) is 13.7 Å². The largest absolute Gasteiger partial charge is 0.481 e. The van der Waals surface area contributed by atoms with Crippen LogP contribution in [0.2, 0.25) is 0 Å². The summed E-state index contributed by atoms with van der Waals surface area (Å²) in [6.45, 7) is 3.70. The van der Waals surface area contributed by atoms with Gasteiger partial charge in [-0.1, -0.05) is 29.8 Å². The zero-order valence-corrected chi connectivity index (χ0v) is 13.9. The van der Waals surface area contributed by atoms with Gasteiger partial charge in [0.15, 0.2) is 0 Å². The van der Waals surface area contributed by atoms with Crippen LogP contribution in [0.3, 0.4) is 0 Å². The van der Waals surface area contributed by atoms with E-state index in [1.54, 1.807) is 13.0 Å². The Balaban J connectivity index is 2.15. The molecule has 1 atom stereocenters. The van der Waals surface area contributed by atoms with Crippen molar-refractivity contribution in [1.29, 1.82) is 0 Å². The summed E-state index contributed by atoms with van der Waals surface area (Å²) in [5.41, 5.74) is 1.93. The van der Waals surface area contributed by atoms with Crippen molar-refractivity contribution in [2.45, 2.75) is 25.8 Å².